The van der Waals surface area contributed by atoms with E-state index in [2.05, 4.69) is 40.6 Å². The number of nitrogens with one attached hydrogen (secondary N) is 2. The van der Waals surface area contributed by atoms with Crippen molar-refractivity contribution < 1.29 is 14.3 Å². The predicted octanol–water partition coefficient (Wildman–Crippen LogP) is 5.77. The lowest BCUT2D eigenvalue weighted by Gasteiger charge is -2.07. The van der Waals surface area contributed by atoms with E-state index in [0.717, 1.165) is 28.1 Å². The Bertz CT molecular complexity index is 1270. The third-order valence-electron chi connectivity index (χ3n) is 5.20. The molecule has 0 radical (unpaired) electrons. The maximum atomic E-state index is 12.3. The molecule has 0 unspecified atom stereocenters. The molecular weight excluding hydrogens is 432 g/mol. The van der Waals surface area contributed by atoms with Crippen LogP contribution in [0.2, 0.25) is 0 Å². The molecule has 3 aromatic carbocycles. The number of methoxy groups -OCH3 is 2. The van der Waals surface area contributed by atoms with Crippen molar-refractivity contribution in [3.63, 3.8) is 0 Å². The first-order valence-corrected chi connectivity index (χ1v) is 11.6. The summed E-state index contributed by atoms with van der Waals surface area (Å²) in [4.78, 5) is 17.0. The molecule has 33 heavy (non-hydrogen) atoms. The Kier molecular flexibility index (Phi) is 7.37. The van der Waals surface area contributed by atoms with Gasteiger partial charge in [-0.3, -0.25) is 4.79 Å². The summed E-state index contributed by atoms with van der Waals surface area (Å²) in [6.45, 7) is 0.563. The highest BCUT2D eigenvalue weighted by atomic mass is 32.2. The fourth-order valence-corrected chi connectivity index (χ4v) is 4.64. The summed E-state index contributed by atoms with van der Waals surface area (Å²) in [7, 11) is 3.19. The van der Waals surface area contributed by atoms with Gasteiger partial charge in [0.15, 0.2) is 11.5 Å². The Morgan fingerprint density at radius 2 is 1.73 bits per heavy atom. The molecule has 4 rings (SSSR count). The van der Waals surface area contributed by atoms with Crippen LogP contribution in [0.25, 0.3) is 28.2 Å². The topological polar surface area (TPSA) is 63.3 Å². The van der Waals surface area contributed by atoms with Crippen molar-refractivity contribution in [2.24, 2.45) is 0 Å². The van der Waals surface area contributed by atoms with Crippen LogP contribution in [0.1, 0.15) is 5.56 Å². The van der Waals surface area contributed by atoms with E-state index in [1.165, 1.54) is 16.4 Å². The number of benzene rings is 3. The Morgan fingerprint density at radius 1 is 0.970 bits per heavy atom. The third kappa shape index (κ3) is 5.41. The summed E-state index contributed by atoms with van der Waals surface area (Å²) in [6.07, 6.45) is 3.30. The smallest absolute Gasteiger partial charge is 0.244 e. The van der Waals surface area contributed by atoms with Crippen LogP contribution in [0.4, 0.5) is 0 Å². The molecule has 0 spiro atoms. The third-order valence-corrected chi connectivity index (χ3v) is 6.32. The second kappa shape index (κ2) is 10.8. The van der Waals surface area contributed by atoms with Gasteiger partial charge in [0.2, 0.25) is 5.91 Å². The van der Waals surface area contributed by atoms with Crippen molar-refractivity contribution >= 4 is 34.6 Å². The van der Waals surface area contributed by atoms with Gasteiger partial charge in [0.25, 0.3) is 0 Å². The van der Waals surface area contributed by atoms with Gasteiger partial charge in [0.1, 0.15) is 0 Å². The zero-order valence-corrected chi connectivity index (χ0v) is 19.4. The van der Waals surface area contributed by atoms with Gasteiger partial charge < -0.3 is 19.8 Å². The summed E-state index contributed by atoms with van der Waals surface area (Å²) in [6, 6.07) is 24.2. The summed E-state index contributed by atoms with van der Waals surface area (Å²) >= 11 is 1.74. The van der Waals surface area contributed by atoms with Crippen molar-refractivity contribution in [2.75, 3.05) is 26.5 Å². The van der Waals surface area contributed by atoms with Gasteiger partial charge >= 0.3 is 0 Å². The highest BCUT2D eigenvalue weighted by Gasteiger charge is 2.13. The van der Waals surface area contributed by atoms with E-state index < -0.39 is 0 Å². The second-order valence-electron chi connectivity index (χ2n) is 7.33. The van der Waals surface area contributed by atoms with Crippen molar-refractivity contribution in [3.05, 3.63) is 84.4 Å². The molecule has 0 aliphatic rings. The highest BCUT2D eigenvalue weighted by Crippen LogP contribution is 2.37. The first-order valence-electron chi connectivity index (χ1n) is 10.7. The summed E-state index contributed by atoms with van der Waals surface area (Å²) in [5.41, 5.74) is 4.24. The molecular formula is C27H26N2O3S. The number of rotatable bonds is 9. The zero-order chi connectivity index (χ0) is 23.0. The number of aromatic amines is 1. The molecule has 0 saturated heterocycles. The van der Waals surface area contributed by atoms with Crippen LogP contribution in [0.5, 0.6) is 11.5 Å². The molecule has 0 bridgehead atoms. The van der Waals surface area contributed by atoms with Crippen LogP contribution in [-0.4, -0.2) is 37.4 Å². The summed E-state index contributed by atoms with van der Waals surface area (Å²) in [5.74, 6) is 1.91. The largest absolute Gasteiger partial charge is 0.493 e. The number of carbonyl (C=O) groups excluding carboxylic acids is 1. The Hall–Kier alpha value is -3.64. The van der Waals surface area contributed by atoms with Crippen LogP contribution in [0.15, 0.2) is 83.8 Å². The molecule has 0 aliphatic heterocycles. The van der Waals surface area contributed by atoms with Crippen molar-refractivity contribution in [1.82, 2.24) is 10.3 Å². The quantitative estimate of drug-likeness (QED) is 0.190. The molecule has 0 atom stereocenters. The van der Waals surface area contributed by atoms with Gasteiger partial charge in [0, 0.05) is 34.2 Å². The normalized spacial score (nSPS) is 11.1. The molecule has 4 aromatic rings. The second-order valence-corrected chi connectivity index (χ2v) is 8.43. The molecule has 2 N–H and O–H groups in total. The number of hydrogen-bond acceptors (Lipinski definition) is 4. The van der Waals surface area contributed by atoms with Gasteiger partial charge in [-0.2, -0.15) is 0 Å². The van der Waals surface area contributed by atoms with E-state index >= 15 is 0 Å². The lowest BCUT2D eigenvalue weighted by atomic mass is 10.1. The monoisotopic (exact) mass is 458 g/mol. The van der Waals surface area contributed by atoms with E-state index in [-0.39, 0.29) is 5.91 Å². The lowest BCUT2D eigenvalue weighted by Crippen LogP contribution is -2.23. The van der Waals surface area contributed by atoms with Crippen LogP contribution in [0, 0.1) is 0 Å². The van der Waals surface area contributed by atoms with Gasteiger partial charge in [-0.25, -0.2) is 0 Å². The average molecular weight is 459 g/mol. The molecule has 1 aromatic heterocycles. The zero-order valence-electron chi connectivity index (χ0n) is 18.6. The summed E-state index contributed by atoms with van der Waals surface area (Å²) < 4.78 is 10.5. The van der Waals surface area contributed by atoms with Crippen molar-refractivity contribution in [3.8, 4) is 22.8 Å². The first kappa shape index (κ1) is 22.6. The number of aromatic nitrogens is 1. The minimum atomic E-state index is -0.132. The average Bonchev–Trinajstić information content (AvgIpc) is 3.24. The number of para-hydroxylation sites is 1. The van der Waals surface area contributed by atoms with E-state index in [0.29, 0.717) is 18.0 Å². The van der Waals surface area contributed by atoms with Gasteiger partial charge in [0.05, 0.1) is 19.9 Å². The number of hydrogen-bond donors (Lipinski definition) is 2. The first-order chi connectivity index (χ1) is 16.2. The van der Waals surface area contributed by atoms with E-state index in [9.17, 15) is 4.79 Å². The van der Waals surface area contributed by atoms with Gasteiger partial charge in [-0.05, 0) is 35.4 Å². The molecule has 1 heterocycles. The molecule has 0 saturated carbocycles. The number of amides is 1. The molecule has 6 heteroatoms. The molecule has 5 nitrogen and oxygen atoms in total. The Labute approximate surface area is 197 Å². The number of ether oxygens (including phenoxy) is 2. The maximum Gasteiger partial charge on any atom is 0.244 e. The lowest BCUT2D eigenvalue weighted by molar-refractivity contribution is -0.116. The highest BCUT2D eigenvalue weighted by molar-refractivity contribution is 7.99. The Balaban J connectivity index is 1.37. The number of carbonyl (C=O) groups is 1. The van der Waals surface area contributed by atoms with Crippen LogP contribution < -0.4 is 14.8 Å². The minimum absolute atomic E-state index is 0.132. The number of fused-ring (bicyclic) bond motifs is 1. The van der Waals surface area contributed by atoms with Crippen LogP contribution in [0.3, 0.4) is 0 Å². The molecule has 168 valence electrons. The number of H-pyrrole nitrogens is 1. The molecule has 0 aliphatic carbocycles. The predicted molar refractivity (Wildman–Crippen MR) is 136 cm³/mol. The van der Waals surface area contributed by atoms with E-state index in [1.807, 2.05) is 42.5 Å². The number of thioether (sulfide) groups is 1. The fourth-order valence-electron chi connectivity index (χ4n) is 3.59. The van der Waals surface area contributed by atoms with E-state index in [1.54, 1.807) is 32.1 Å². The summed E-state index contributed by atoms with van der Waals surface area (Å²) in [5, 5.41) is 4.16. The van der Waals surface area contributed by atoms with E-state index in [4.69, 9.17) is 9.47 Å². The van der Waals surface area contributed by atoms with Crippen molar-refractivity contribution in [2.45, 2.75) is 4.90 Å². The Morgan fingerprint density at radius 3 is 2.52 bits per heavy atom. The van der Waals surface area contributed by atoms with Gasteiger partial charge in [-0.1, -0.05) is 54.6 Å². The fraction of sp³-hybridized carbons (Fsp3) is 0.148. The van der Waals surface area contributed by atoms with Crippen molar-refractivity contribution in [1.29, 1.82) is 0 Å². The van der Waals surface area contributed by atoms with Crippen LogP contribution >= 0.6 is 11.8 Å². The SMILES string of the molecule is COc1ccc(/C=C/C(=O)NCCSc2c(-c3ccccc3)[nH]c3ccccc23)cc1OC. The maximum absolute atomic E-state index is 12.3. The minimum Gasteiger partial charge on any atom is -0.493 e. The molecule has 1 amide bonds. The van der Waals surface area contributed by atoms with Gasteiger partial charge in [-0.15, -0.1) is 11.8 Å². The van der Waals surface area contributed by atoms with Crippen LogP contribution in [-0.2, 0) is 4.79 Å². The standard InChI is InChI=1S/C27H26N2O3S/c1-31-23-14-12-19(18-24(23)32-2)13-15-25(30)28-16-17-33-27-21-10-6-7-11-22(21)29-26(27)20-8-4-3-5-9-20/h3-15,18,29H,16-17H2,1-2H3,(H,28,30)/b15-13+. The molecule has 0 fully saturated rings.